The van der Waals surface area contributed by atoms with Crippen molar-refractivity contribution in [2.24, 2.45) is 0 Å². The quantitative estimate of drug-likeness (QED) is 0.884. The molecule has 2 aromatic rings. The Balaban J connectivity index is 0.000000225. The molecule has 0 aromatic heterocycles. The molecule has 0 amide bonds. The second-order valence-electron chi connectivity index (χ2n) is 3.86. The molecule has 0 saturated heterocycles. The molecule has 2 aromatic carbocycles. The first-order chi connectivity index (χ1) is 8.75. The van der Waals surface area contributed by atoms with Gasteiger partial charge in [-0.25, -0.2) is 0 Å². The van der Waals surface area contributed by atoms with Crippen LogP contribution >= 0.6 is 0 Å². The number of hydrogen-bond donors (Lipinski definition) is 1. The Morgan fingerprint density at radius 2 is 1.33 bits per heavy atom. The molecule has 0 radical (unpaired) electrons. The number of carboxylic acid groups (broad SMARTS) is 1. The Kier molecular flexibility index (Phi) is 6.26. The number of benzene rings is 2. The molecule has 0 saturated carbocycles. The summed E-state index contributed by atoms with van der Waals surface area (Å²) < 4.78 is 0. The van der Waals surface area contributed by atoms with Crippen LogP contribution in [0.5, 0.6) is 0 Å². The molecule has 0 heterocycles. The average molecular weight is 242 g/mol. The van der Waals surface area contributed by atoms with Crippen molar-refractivity contribution in [2.45, 2.75) is 19.3 Å². The van der Waals surface area contributed by atoms with Gasteiger partial charge < -0.3 is 5.11 Å². The fraction of sp³-hybridized carbons (Fsp3) is 0.188. The second kappa shape index (κ2) is 8.07. The largest absolute Gasteiger partial charge is 0.481 e. The highest BCUT2D eigenvalue weighted by molar-refractivity contribution is 5.75. The van der Waals surface area contributed by atoms with E-state index in [1.807, 2.05) is 73.7 Å². The molecule has 0 aliphatic rings. The molecule has 2 heteroatoms. The third-order valence-corrected chi connectivity index (χ3v) is 2.57. The molecule has 1 N–H and O–H groups in total. The van der Waals surface area contributed by atoms with Crippen LogP contribution in [-0.2, 0) is 4.79 Å². The maximum Gasteiger partial charge on any atom is 0.310 e. The van der Waals surface area contributed by atoms with E-state index in [0.717, 1.165) is 5.56 Å². The standard InChI is InChI=1S/C10H12O2.C6H6/c1-2-9(10(11)12)8-6-4-3-5-7-8;1-2-4-6-5-3-1/h3-7,9H,2H2,1H3,(H,11,12);1-6H. The van der Waals surface area contributed by atoms with Crippen molar-refractivity contribution in [3.8, 4) is 0 Å². The van der Waals surface area contributed by atoms with Gasteiger partial charge in [-0.1, -0.05) is 73.7 Å². The molecule has 1 atom stereocenters. The zero-order valence-electron chi connectivity index (χ0n) is 10.5. The van der Waals surface area contributed by atoms with Gasteiger partial charge in [-0.15, -0.1) is 0 Å². The third kappa shape index (κ3) is 4.83. The summed E-state index contributed by atoms with van der Waals surface area (Å²) in [5.74, 6) is -1.10. The van der Waals surface area contributed by atoms with Gasteiger partial charge >= 0.3 is 5.97 Å². The number of rotatable bonds is 3. The van der Waals surface area contributed by atoms with Gasteiger partial charge in [-0.05, 0) is 12.0 Å². The summed E-state index contributed by atoms with van der Waals surface area (Å²) in [6.07, 6.45) is 0.638. The highest BCUT2D eigenvalue weighted by Crippen LogP contribution is 2.18. The van der Waals surface area contributed by atoms with E-state index in [2.05, 4.69) is 0 Å². The van der Waals surface area contributed by atoms with E-state index in [9.17, 15) is 4.79 Å². The zero-order valence-corrected chi connectivity index (χ0v) is 10.5. The van der Waals surface area contributed by atoms with E-state index in [1.165, 1.54) is 0 Å². The Morgan fingerprint density at radius 1 is 0.944 bits per heavy atom. The number of hydrogen-bond acceptors (Lipinski definition) is 1. The van der Waals surface area contributed by atoms with Crippen LogP contribution in [0.4, 0.5) is 0 Å². The van der Waals surface area contributed by atoms with Crippen LogP contribution in [0.3, 0.4) is 0 Å². The normalized spacial score (nSPS) is 10.9. The van der Waals surface area contributed by atoms with Gasteiger partial charge in [0.2, 0.25) is 0 Å². The van der Waals surface area contributed by atoms with Crippen molar-refractivity contribution < 1.29 is 9.90 Å². The lowest BCUT2D eigenvalue weighted by molar-refractivity contribution is -0.138. The Labute approximate surface area is 108 Å². The maximum atomic E-state index is 10.7. The van der Waals surface area contributed by atoms with Crippen molar-refractivity contribution in [3.63, 3.8) is 0 Å². The molecular weight excluding hydrogens is 224 g/mol. The van der Waals surface area contributed by atoms with E-state index < -0.39 is 5.97 Å². The molecule has 0 fully saturated rings. The first-order valence-electron chi connectivity index (χ1n) is 6.03. The van der Waals surface area contributed by atoms with Crippen LogP contribution < -0.4 is 0 Å². The summed E-state index contributed by atoms with van der Waals surface area (Å²) in [6, 6.07) is 21.3. The summed E-state index contributed by atoms with van der Waals surface area (Å²) in [4.78, 5) is 10.7. The number of aliphatic carboxylic acids is 1. The Morgan fingerprint density at radius 3 is 1.67 bits per heavy atom. The fourth-order valence-corrected chi connectivity index (χ4v) is 1.62. The van der Waals surface area contributed by atoms with Crippen LogP contribution in [-0.4, -0.2) is 11.1 Å². The zero-order chi connectivity index (χ0) is 13.2. The lowest BCUT2D eigenvalue weighted by Gasteiger charge is -2.08. The molecule has 0 spiro atoms. The predicted molar refractivity (Wildman–Crippen MR) is 73.6 cm³/mol. The first-order valence-corrected chi connectivity index (χ1v) is 6.03. The summed E-state index contributed by atoms with van der Waals surface area (Å²) in [5.41, 5.74) is 0.882. The molecule has 0 aliphatic carbocycles. The minimum absolute atomic E-state index is 0.355. The molecule has 0 bridgehead atoms. The average Bonchev–Trinajstić information content (AvgIpc) is 2.43. The Hall–Kier alpha value is -2.09. The predicted octanol–water partition coefficient (Wildman–Crippen LogP) is 3.95. The van der Waals surface area contributed by atoms with Gasteiger partial charge in [-0.2, -0.15) is 0 Å². The van der Waals surface area contributed by atoms with Gasteiger partial charge in [-0.3, -0.25) is 4.79 Å². The van der Waals surface area contributed by atoms with Crippen molar-refractivity contribution in [3.05, 3.63) is 72.3 Å². The number of carbonyl (C=O) groups is 1. The molecule has 2 nitrogen and oxygen atoms in total. The smallest absolute Gasteiger partial charge is 0.310 e. The third-order valence-electron chi connectivity index (χ3n) is 2.57. The Bertz CT molecular complexity index is 410. The van der Waals surface area contributed by atoms with Crippen LogP contribution in [0.25, 0.3) is 0 Å². The highest BCUT2D eigenvalue weighted by atomic mass is 16.4. The molecule has 2 rings (SSSR count). The SMILES string of the molecule is CCC(C(=O)O)c1ccccc1.c1ccccc1. The van der Waals surface area contributed by atoms with Crippen LogP contribution in [0.1, 0.15) is 24.8 Å². The monoisotopic (exact) mass is 242 g/mol. The minimum atomic E-state index is -0.747. The summed E-state index contributed by atoms with van der Waals surface area (Å²) in [7, 11) is 0. The minimum Gasteiger partial charge on any atom is -0.481 e. The second-order valence-corrected chi connectivity index (χ2v) is 3.86. The van der Waals surface area contributed by atoms with Gasteiger partial charge in [0.1, 0.15) is 0 Å². The van der Waals surface area contributed by atoms with Crippen LogP contribution in [0.2, 0.25) is 0 Å². The van der Waals surface area contributed by atoms with Crippen LogP contribution in [0, 0.1) is 0 Å². The van der Waals surface area contributed by atoms with Gasteiger partial charge in [0.05, 0.1) is 5.92 Å². The number of carboxylic acids is 1. The highest BCUT2D eigenvalue weighted by Gasteiger charge is 2.16. The van der Waals surface area contributed by atoms with Gasteiger partial charge in [0.15, 0.2) is 0 Å². The van der Waals surface area contributed by atoms with E-state index in [4.69, 9.17) is 5.11 Å². The molecule has 0 aliphatic heterocycles. The van der Waals surface area contributed by atoms with Crippen molar-refractivity contribution in [2.75, 3.05) is 0 Å². The van der Waals surface area contributed by atoms with E-state index in [-0.39, 0.29) is 5.92 Å². The molecule has 18 heavy (non-hydrogen) atoms. The van der Waals surface area contributed by atoms with E-state index >= 15 is 0 Å². The lowest BCUT2D eigenvalue weighted by atomic mass is 9.97. The van der Waals surface area contributed by atoms with E-state index in [1.54, 1.807) is 0 Å². The summed E-state index contributed by atoms with van der Waals surface area (Å²) >= 11 is 0. The molecule has 1 unspecified atom stereocenters. The first kappa shape index (κ1) is 14.0. The fourth-order valence-electron chi connectivity index (χ4n) is 1.62. The lowest BCUT2D eigenvalue weighted by Crippen LogP contribution is -2.09. The maximum absolute atomic E-state index is 10.7. The van der Waals surface area contributed by atoms with Crippen molar-refractivity contribution in [1.82, 2.24) is 0 Å². The van der Waals surface area contributed by atoms with E-state index in [0.29, 0.717) is 6.42 Å². The van der Waals surface area contributed by atoms with Gasteiger partial charge in [0.25, 0.3) is 0 Å². The summed E-state index contributed by atoms with van der Waals surface area (Å²) in [5, 5.41) is 8.83. The summed E-state index contributed by atoms with van der Waals surface area (Å²) in [6.45, 7) is 1.88. The van der Waals surface area contributed by atoms with Gasteiger partial charge in [0, 0.05) is 0 Å². The topological polar surface area (TPSA) is 37.3 Å². The van der Waals surface area contributed by atoms with Crippen molar-refractivity contribution >= 4 is 5.97 Å². The van der Waals surface area contributed by atoms with Crippen molar-refractivity contribution in [1.29, 1.82) is 0 Å². The van der Waals surface area contributed by atoms with Crippen LogP contribution in [0.15, 0.2) is 66.7 Å². The molecule has 94 valence electrons. The molecular formula is C16H18O2.